The lowest BCUT2D eigenvalue weighted by atomic mass is 9.85. The van der Waals surface area contributed by atoms with Crippen LogP contribution in [0.4, 0.5) is 0 Å². The Labute approximate surface area is 112 Å². The average Bonchev–Trinajstić information content (AvgIpc) is 2.30. The van der Waals surface area contributed by atoms with Gasteiger partial charge in [-0.05, 0) is 42.9 Å². The molecule has 1 atom stereocenters. The first kappa shape index (κ1) is 12.4. The maximum absolute atomic E-state index is 6.00. The van der Waals surface area contributed by atoms with Crippen molar-refractivity contribution in [3.05, 3.63) is 34.9 Å². The molecule has 1 saturated carbocycles. The van der Waals surface area contributed by atoms with Gasteiger partial charge in [-0.3, -0.25) is 0 Å². The first-order valence-electron chi connectivity index (χ1n) is 6.14. The van der Waals surface area contributed by atoms with Crippen molar-refractivity contribution in [1.82, 2.24) is 0 Å². The second-order valence-corrected chi connectivity index (χ2v) is 6.36. The highest BCUT2D eigenvalue weighted by Gasteiger charge is 2.21. The van der Waals surface area contributed by atoms with E-state index >= 15 is 0 Å². The Kier molecular flexibility index (Phi) is 4.72. The Balaban J connectivity index is 1.93. The molecular formula is C14H18BrCl. The molecule has 2 heteroatoms. The second kappa shape index (κ2) is 6.07. The van der Waals surface area contributed by atoms with E-state index in [0.29, 0.717) is 4.83 Å². The molecule has 1 aromatic rings. The third-order valence-corrected chi connectivity index (χ3v) is 4.79. The highest BCUT2D eigenvalue weighted by Crippen LogP contribution is 2.32. The zero-order valence-electron chi connectivity index (χ0n) is 9.46. The van der Waals surface area contributed by atoms with E-state index in [1.165, 1.54) is 37.7 Å². The zero-order chi connectivity index (χ0) is 11.4. The Morgan fingerprint density at radius 2 is 2.00 bits per heavy atom. The number of halogens is 2. The normalized spacial score (nSPS) is 19.6. The molecule has 0 aliphatic heterocycles. The molecule has 88 valence electrons. The van der Waals surface area contributed by atoms with Crippen LogP contribution in [-0.2, 0) is 6.42 Å². The van der Waals surface area contributed by atoms with Crippen LogP contribution < -0.4 is 0 Å². The molecule has 0 aromatic heterocycles. The number of hydrogen-bond acceptors (Lipinski definition) is 0. The minimum absolute atomic E-state index is 0.617. The third-order valence-electron chi connectivity index (χ3n) is 3.48. The molecule has 1 unspecified atom stereocenters. The number of hydrogen-bond donors (Lipinski definition) is 0. The van der Waals surface area contributed by atoms with Crippen LogP contribution >= 0.6 is 27.5 Å². The topological polar surface area (TPSA) is 0 Å². The van der Waals surface area contributed by atoms with Crippen LogP contribution in [0.1, 0.15) is 37.7 Å². The van der Waals surface area contributed by atoms with Crippen LogP contribution in [0.5, 0.6) is 0 Å². The van der Waals surface area contributed by atoms with Gasteiger partial charge >= 0.3 is 0 Å². The molecular weight excluding hydrogens is 284 g/mol. The van der Waals surface area contributed by atoms with Gasteiger partial charge in [0.25, 0.3) is 0 Å². The molecule has 0 bridgehead atoms. The lowest BCUT2D eigenvalue weighted by Crippen LogP contribution is -2.19. The predicted molar refractivity (Wildman–Crippen MR) is 74.4 cm³/mol. The maximum atomic E-state index is 6.00. The Morgan fingerprint density at radius 3 is 2.69 bits per heavy atom. The molecule has 1 fully saturated rings. The van der Waals surface area contributed by atoms with Crippen molar-refractivity contribution in [3.63, 3.8) is 0 Å². The van der Waals surface area contributed by atoms with Gasteiger partial charge in [-0.25, -0.2) is 0 Å². The summed E-state index contributed by atoms with van der Waals surface area (Å²) in [4.78, 5) is 0.617. The van der Waals surface area contributed by atoms with E-state index < -0.39 is 0 Å². The molecule has 0 spiro atoms. The van der Waals surface area contributed by atoms with Crippen molar-refractivity contribution in [3.8, 4) is 0 Å². The van der Waals surface area contributed by atoms with Gasteiger partial charge in [-0.15, -0.1) is 0 Å². The second-order valence-electron chi connectivity index (χ2n) is 4.75. The Hall–Kier alpha value is -0.0100. The van der Waals surface area contributed by atoms with Crippen molar-refractivity contribution in [2.45, 2.75) is 43.4 Å². The van der Waals surface area contributed by atoms with Crippen molar-refractivity contribution >= 4 is 27.5 Å². The molecule has 0 N–H and O–H groups in total. The standard InChI is InChI=1S/C14H18BrCl/c15-14(12-6-2-1-3-7-12)10-11-5-4-8-13(16)9-11/h4-5,8-9,12,14H,1-3,6-7,10H2. The summed E-state index contributed by atoms with van der Waals surface area (Å²) in [5.41, 5.74) is 1.35. The van der Waals surface area contributed by atoms with Crippen molar-refractivity contribution in [1.29, 1.82) is 0 Å². The fourth-order valence-corrected chi connectivity index (χ4v) is 3.67. The Bertz CT molecular complexity index is 331. The monoisotopic (exact) mass is 300 g/mol. The van der Waals surface area contributed by atoms with Gasteiger partial charge in [0.05, 0.1) is 0 Å². The zero-order valence-corrected chi connectivity index (χ0v) is 11.8. The van der Waals surface area contributed by atoms with Gasteiger partial charge in [-0.2, -0.15) is 0 Å². The molecule has 1 aliphatic rings. The van der Waals surface area contributed by atoms with E-state index in [1.54, 1.807) is 0 Å². The van der Waals surface area contributed by atoms with Crippen molar-refractivity contribution in [2.75, 3.05) is 0 Å². The largest absolute Gasteiger partial charge is 0.0884 e. The van der Waals surface area contributed by atoms with Crippen LogP contribution in [0, 0.1) is 5.92 Å². The summed E-state index contributed by atoms with van der Waals surface area (Å²) in [5, 5.41) is 0.848. The highest BCUT2D eigenvalue weighted by atomic mass is 79.9. The molecule has 0 amide bonds. The molecule has 2 rings (SSSR count). The molecule has 16 heavy (non-hydrogen) atoms. The molecule has 1 aliphatic carbocycles. The van der Waals surface area contributed by atoms with Gasteiger partial charge in [0.15, 0.2) is 0 Å². The summed E-state index contributed by atoms with van der Waals surface area (Å²) in [6.45, 7) is 0. The number of benzene rings is 1. The highest BCUT2D eigenvalue weighted by molar-refractivity contribution is 9.09. The average molecular weight is 302 g/mol. The van der Waals surface area contributed by atoms with Crippen LogP contribution in [0.3, 0.4) is 0 Å². The van der Waals surface area contributed by atoms with Crippen LogP contribution in [-0.4, -0.2) is 4.83 Å². The predicted octanol–water partition coefficient (Wildman–Crippen LogP) is 5.23. The molecule has 0 nitrogen and oxygen atoms in total. The van der Waals surface area contributed by atoms with E-state index in [9.17, 15) is 0 Å². The lowest BCUT2D eigenvalue weighted by molar-refractivity contribution is 0.350. The summed E-state index contributed by atoms with van der Waals surface area (Å²) >= 11 is 9.86. The fourth-order valence-electron chi connectivity index (χ4n) is 2.55. The quantitative estimate of drug-likeness (QED) is 0.671. The summed E-state index contributed by atoms with van der Waals surface area (Å²) < 4.78 is 0. The molecule has 1 aromatic carbocycles. The van der Waals surface area contributed by atoms with Crippen molar-refractivity contribution < 1.29 is 0 Å². The van der Waals surface area contributed by atoms with Gasteiger partial charge < -0.3 is 0 Å². The summed E-state index contributed by atoms with van der Waals surface area (Å²) in [5.74, 6) is 0.854. The summed E-state index contributed by atoms with van der Waals surface area (Å²) in [6, 6.07) is 8.23. The van der Waals surface area contributed by atoms with E-state index in [1.807, 2.05) is 12.1 Å². The lowest BCUT2D eigenvalue weighted by Gasteiger charge is -2.26. The summed E-state index contributed by atoms with van der Waals surface area (Å²) in [6.07, 6.45) is 8.11. The third kappa shape index (κ3) is 3.49. The molecule has 0 saturated heterocycles. The minimum atomic E-state index is 0.617. The fraction of sp³-hybridized carbons (Fsp3) is 0.571. The van der Waals surface area contributed by atoms with Crippen LogP contribution in [0.2, 0.25) is 5.02 Å². The van der Waals surface area contributed by atoms with E-state index in [4.69, 9.17) is 11.6 Å². The smallest absolute Gasteiger partial charge is 0.0408 e. The number of rotatable bonds is 3. The first-order valence-corrected chi connectivity index (χ1v) is 7.43. The van der Waals surface area contributed by atoms with Gasteiger partial charge in [-0.1, -0.05) is 58.9 Å². The van der Waals surface area contributed by atoms with E-state index in [0.717, 1.165) is 17.4 Å². The SMILES string of the molecule is Clc1cccc(CC(Br)C2CCCCC2)c1. The summed E-state index contributed by atoms with van der Waals surface area (Å²) in [7, 11) is 0. The van der Waals surface area contributed by atoms with E-state index in [-0.39, 0.29) is 0 Å². The van der Waals surface area contributed by atoms with Gasteiger partial charge in [0, 0.05) is 9.85 Å². The Morgan fingerprint density at radius 1 is 1.25 bits per heavy atom. The minimum Gasteiger partial charge on any atom is -0.0884 e. The molecule has 0 heterocycles. The van der Waals surface area contributed by atoms with Crippen molar-refractivity contribution in [2.24, 2.45) is 5.92 Å². The molecule has 0 radical (unpaired) electrons. The van der Waals surface area contributed by atoms with Gasteiger partial charge in [0.1, 0.15) is 0 Å². The van der Waals surface area contributed by atoms with Gasteiger partial charge in [0.2, 0.25) is 0 Å². The maximum Gasteiger partial charge on any atom is 0.0408 e. The number of alkyl halides is 1. The van der Waals surface area contributed by atoms with Crippen LogP contribution in [0.15, 0.2) is 24.3 Å². The first-order chi connectivity index (χ1) is 7.75. The van der Waals surface area contributed by atoms with E-state index in [2.05, 4.69) is 28.1 Å². The van der Waals surface area contributed by atoms with Crippen LogP contribution in [0.25, 0.3) is 0 Å².